The lowest BCUT2D eigenvalue weighted by atomic mass is 9.91. The first-order chi connectivity index (χ1) is 16.3. The molecule has 0 bridgehead atoms. The van der Waals surface area contributed by atoms with Crippen molar-refractivity contribution in [1.29, 1.82) is 0 Å². The highest BCUT2D eigenvalue weighted by atomic mass is 15.1. The molecule has 2 aromatic carbocycles. The number of hydrogen-bond donors (Lipinski definition) is 0. The topological polar surface area (TPSA) is 16.1 Å². The van der Waals surface area contributed by atoms with Crippen LogP contribution in [0.3, 0.4) is 0 Å². The minimum Gasteiger partial charge on any atom is -0.370 e. The van der Waals surface area contributed by atoms with Crippen molar-refractivity contribution in [3.63, 3.8) is 0 Å². The maximum atomic E-state index is 5.07. The summed E-state index contributed by atoms with van der Waals surface area (Å²) in [6, 6.07) is 15.5. The zero-order valence-corrected chi connectivity index (χ0v) is 21.9. The zero-order chi connectivity index (χ0) is 24.4. The Labute approximate surface area is 205 Å². The van der Waals surface area contributed by atoms with Gasteiger partial charge in [-0.15, -0.1) is 0 Å². The molecule has 1 saturated heterocycles. The summed E-state index contributed by atoms with van der Waals surface area (Å²) in [5.41, 5.74) is 7.21. The third kappa shape index (κ3) is 4.69. The lowest BCUT2D eigenvalue weighted by Gasteiger charge is -2.28. The van der Waals surface area contributed by atoms with Crippen LogP contribution >= 0.6 is 0 Å². The highest BCUT2D eigenvalue weighted by Gasteiger charge is 2.21. The maximum absolute atomic E-state index is 5.07. The number of fused-ring (bicyclic) bond motifs is 1. The zero-order valence-electron chi connectivity index (χ0n) is 21.9. The molecule has 0 aliphatic carbocycles. The molecule has 3 aromatic rings. The Hall–Kier alpha value is -2.87. The molecule has 0 radical (unpaired) electrons. The van der Waals surface area contributed by atoms with E-state index in [9.17, 15) is 0 Å². The second kappa shape index (κ2) is 10.2. The number of nitrogens with zero attached hydrogens (tertiary/aromatic N) is 2. The van der Waals surface area contributed by atoms with Crippen LogP contribution in [0.25, 0.3) is 28.0 Å². The molecule has 1 aromatic heterocycles. The maximum Gasteiger partial charge on any atom is 0.0757 e. The van der Waals surface area contributed by atoms with Gasteiger partial charge in [0.15, 0.2) is 0 Å². The van der Waals surface area contributed by atoms with Crippen molar-refractivity contribution in [2.75, 3.05) is 18.0 Å². The molecule has 1 aliphatic rings. The third-order valence-electron chi connectivity index (χ3n) is 7.52. The lowest BCUT2D eigenvalue weighted by molar-refractivity contribution is 0.498. The largest absolute Gasteiger partial charge is 0.370 e. The van der Waals surface area contributed by atoms with Gasteiger partial charge in [-0.2, -0.15) is 0 Å². The van der Waals surface area contributed by atoms with E-state index < -0.39 is 0 Å². The first-order valence-corrected chi connectivity index (χ1v) is 12.9. The number of allylic oxidation sites excluding steroid dienone is 1. The van der Waals surface area contributed by atoms with E-state index in [1.54, 1.807) is 0 Å². The van der Waals surface area contributed by atoms with Gasteiger partial charge in [-0.1, -0.05) is 69.8 Å². The Kier molecular flexibility index (Phi) is 7.26. The second-order valence-electron chi connectivity index (χ2n) is 10.3. The van der Waals surface area contributed by atoms with Crippen LogP contribution in [-0.2, 0) is 6.42 Å². The molecule has 1 aliphatic heterocycles. The van der Waals surface area contributed by atoms with Gasteiger partial charge < -0.3 is 4.90 Å². The Morgan fingerprint density at radius 1 is 1.09 bits per heavy atom. The fourth-order valence-electron chi connectivity index (χ4n) is 5.58. The Morgan fingerprint density at radius 2 is 1.74 bits per heavy atom. The predicted molar refractivity (Wildman–Crippen MR) is 150 cm³/mol. The van der Waals surface area contributed by atoms with E-state index in [1.165, 1.54) is 45.6 Å². The van der Waals surface area contributed by atoms with Gasteiger partial charge in [0.05, 0.1) is 5.35 Å². The number of hydrogen-bond acceptors (Lipinski definition) is 2. The quantitative estimate of drug-likeness (QED) is 0.440. The van der Waals surface area contributed by atoms with Crippen molar-refractivity contribution in [2.45, 2.75) is 60.8 Å². The van der Waals surface area contributed by atoms with E-state index in [4.69, 9.17) is 4.98 Å². The van der Waals surface area contributed by atoms with E-state index in [0.29, 0.717) is 11.8 Å². The molecule has 2 heteroatoms. The van der Waals surface area contributed by atoms with Crippen LogP contribution in [0.4, 0.5) is 5.69 Å². The van der Waals surface area contributed by atoms with Crippen molar-refractivity contribution in [2.24, 2.45) is 11.8 Å². The smallest absolute Gasteiger partial charge is 0.0757 e. The highest BCUT2D eigenvalue weighted by Crippen LogP contribution is 2.31. The van der Waals surface area contributed by atoms with Crippen molar-refractivity contribution in [3.8, 4) is 0 Å². The summed E-state index contributed by atoms with van der Waals surface area (Å²) in [5.74, 6) is 1.41. The number of aromatic nitrogens is 1. The van der Waals surface area contributed by atoms with Gasteiger partial charge in [-0.25, -0.2) is 0 Å². The van der Waals surface area contributed by atoms with Crippen LogP contribution < -0.4 is 15.5 Å². The van der Waals surface area contributed by atoms with E-state index in [1.807, 2.05) is 0 Å². The predicted octanol–water partition coefficient (Wildman–Crippen LogP) is 6.66. The SMILES string of the molecule is C=C(/C(C)=c1/nc(C)cc(N2CC(C)CCC(C)C2)/c1=C/C)c1cccc2cccc(CC)c12. The van der Waals surface area contributed by atoms with Crippen molar-refractivity contribution < 1.29 is 0 Å². The van der Waals surface area contributed by atoms with Gasteiger partial charge in [-0.05, 0) is 91.0 Å². The van der Waals surface area contributed by atoms with Gasteiger partial charge >= 0.3 is 0 Å². The summed E-state index contributed by atoms with van der Waals surface area (Å²) in [7, 11) is 0. The molecule has 34 heavy (non-hydrogen) atoms. The highest BCUT2D eigenvalue weighted by molar-refractivity contribution is 6.06. The number of rotatable bonds is 4. The van der Waals surface area contributed by atoms with E-state index in [-0.39, 0.29) is 0 Å². The van der Waals surface area contributed by atoms with E-state index in [2.05, 4.69) is 102 Å². The average molecular weight is 453 g/mol. The molecule has 4 rings (SSSR count). The molecule has 2 nitrogen and oxygen atoms in total. The number of benzene rings is 2. The van der Waals surface area contributed by atoms with Crippen LogP contribution in [0.1, 0.15) is 64.3 Å². The van der Waals surface area contributed by atoms with E-state index >= 15 is 0 Å². The van der Waals surface area contributed by atoms with Crippen LogP contribution in [0.5, 0.6) is 0 Å². The van der Waals surface area contributed by atoms with E-state index in [0.717, 1.165) is 41.7 Å². The van der Waals surface area contributed by atoms with Crippen LogP contribution in [0, 0.1) is 18.8 Å². The molecular formula is C32H40N2. The van der Waals surface area contributed by atoms with Crippen LogP contribution in [-0.4, -0.2) is 18.1 Å². The fourth-order valence-corrected chi connectivity index (χ4v) is 5.58. The molecule has 178 valence electrons. The molecule has 2 atom stereocenters. The summed E-state index contributed by atoms with van der Waals surface area (Å²) in [6.45, 7) is 20.3. The van der Waals surface area contributed by atoms with Crippen molar-refractivity contribution in [1.82, 2.24) is 4.98 Å². The molecule has 1 fully saturated rings. The molecule has 0 spiro atoms. The minimum atomic E-state index is 0.703. The first kappa shape index (κ1) is 24.3. The van der Waals surface area contributed by atoms with Crippen LogP contribution in [0.2, 0.25) is 0 Å². The van der Waals surface area contributed by atoms with Gasteiger partial charge in [0.2, 0.25) is 0 Å². The third-order valence-corrected chi connectivity index (χ3v) is 7.52. The summed E-state index contributed by atoms with van der Waals surface area (Å²) < 4.78 is 0. The number of aryl methyl sites for hydroxylation is 2. The molecule has 2 heterocycles. The van der Waals surface area contributed by atoms with Gasteiger partial charge in [-0.3, -0.25) is 4.98 Å². The summed E-state index contributed by atoms with van der Waals surface area (Å²) in [6.07, 6.45) is 5.87. The molecule has 0 saturated carbocycles. The second-order valence-corrected chi connectivity index (χ2v) is 10.3. The standard InChI is InChI=1S/C32H40N2/c1-8-26-12-10-13-27-14-11-15-29(31(26)27)24(6)25(7)32-28(9-2)30(18-23(5)33-32)34-19-21(3)16-17-22(4)20-34/h9-15,18,21-22H,6,8,16-17,19-20H2,1-5,7H3/b28-9-,32-25+. The van der Waals surface area contributed by atoms with Crippen molar-refractivity contribution >= 4 is 33.7 Å². The molecule has 0 amide bonds. The Bertz CT molecular complexity index is 1310. The Balaban J connectivity index is 1.93. The number of anilines is 1. The van der Waals surface area contributed by atoms with Crippen LogP contribution in [0.15, 0.2) is 49.0 Å². The minimum absolute atomic E-state index is 0.703. The molecular weight excluding hydrogens is 412 g/mol. The summed E-state index contributed by atoms with van der Waals surface area (Å²) in [5, 5.41) is 4.90. The Morgan fingerprint density at radius 3 is 2.35 bits per heavy atom. The van der Waals surface area contributed by atoms with Gasteiger partial charge in [0, 0.05) is 29.7 Å². The average Bonchev–Trinajstić information content (AvgIpc) is 3.01. The normalized spacial score (nSPS) is 20.4. The number of pyridine rings is 1. The van der Waals surface area contributed by atoms with Crippen molar-refractivity contribution in [3.05, 3.63) is 76.4 Å². The monoisotopic (exact) mass is 452 g/mol. The molecule has 2 unspecified atom stereocenters. The summed E-state index contributed by atoms with van der Waals surface area (Å²) >= 11 is 0. The summed E-state index contributed by atoms with van der Waals surface area (Å²) in [4.78, 5) is 7.68. The lowest BCUT2D eigenvalue weighted by Crippen LogP contribution is -2.40. The van der Waals surface area contributed by atoms with Gasteiger partial charge in [0.25, 0.3) is 0 Å². The van der Waals surface area contributed by atoms with Gasteiger partial charge in [0.1, 0.15) is 0 Å². The molecule has 0 N–H and O–H groups in total. The fraction of sp³-hybridized carbons (Fsp3) is 0.406. The first-order valence-electron chi connectivity index (χ1n) is 12.9.